The Morgan fingerprint density at radius 1 is 1.50 bits per heavy atom. The van der Waals surface area contributed by atoms with Gasteiger partial charge in [0.15, 0.2) is 5.16 Å². The lowest BCUT2D eigenvalue weighted by molar-refractivity contribution is 0.642. The van der Waals surface area contributed by atoms with E-state index in [1.807, 2.05) is 18.2 Å². The van der Waals surface area contributed by atoms with Gasteiger partial charge in [0.25, 0.3) is 0 Å². The van der Waals surface area contributed by atoms with E-state index in [2.05, 4.69) is 27.4 Å². The summed E-state index contributed by atoms with van der Waals surface area (Å²) < 4.78 is 1.73. The van der Waals surface area contributed by atoms with Gasteiger partial charge in [-0.1, -0.05) is 13.0 Å². The van der Waals surface area contributed by atoms with Gasteiger partial charge in [0.1, 0.15) is 10.8 Å². The van der Waals surface area contributed by atoms with Crippen LogP contribution < -0.4 is 11.0 Å². The van der Waals surface area contributed by atoms with Gasteiger partial charge in [0.05, 0.1) is 0 Å². The van der Waals surface area contributed by atoms with Gasteiger partial charge in [-0.15, -0.1) is 5.10 Å². The number of hydrogen-bond donors (Lipinski definition) is 2. The number of pyridine rings is 1. The van der Waals surface area contributed by atoms with Crippen molar-refractivity contribution in [2.24, 2.45) is 0 Å². The van der Waals surface area contributed by atoms with Crippen LogP contribution in [0.15, 0.2) is 33.2 Å². The van der Waals surface area contributed by atoms with Gasteiger partial charge in [-0.2, -0.15) is 0 Å². The van der Waals surface area contributed by atoms with E-state index in [-0.39, 0.29) is 5.69 Å². The highest BCUT2D eigenvalue weighted by molar-refractivity contribution is 7.99. The predicted octanol–water partition coefficient (Wildman–Crippen LogP) is 2.27. The molecule has 0 unspecified atom stereocenters. The fourth-order valence-corrected chi connectivity index (χ4v) is 2.83. The molecule has 1 aliphatic carbocycles. The van der Waals surface area contributed by atoms with Crippen molar-refractivity contribution in [3.63, 3.8) is 0 Å². The maximum atomic E-state index is 11.7. The summed E-state index contributed by atoms with van der Waals surface area (Å²) in [7, 11) is 0. The van der Waals surface area contributed by atoms with E-state index in [0.29, 0.717) is 11.2 Å². The average molecular weight is 291 g/mol. The van der Waals surface area contributed by atoms with E-state index in [1.54, 1.807) is 4.57 Å². The van der Waals surface area contributed by atoms with Crippen molar-refractivity contribution in [2.75, 3.05) is 11.9 Å². The molecule has 0 aromatic carbocycles. The predicted molar refractivity (Wildman–Crippen MR) is 78.3 cm³/mol. The Hall–Kier alpha value is -1.76. The van der Waals surface area contributed by atoms with Crippen LogP contribution in [0.4, 0.5) is 5.82 Å². The number of aromatic amines is 1. The van der Waals surface area contributed by atoms with Crippen LogP contribution in [0.3, 0.4) is 0 Å². The number of aromatic nitrogens is 4. The first-order chi connectivity index (χ1) is 9.78. The molecule has 0 amide bonds. The van der Waals surface area contributed by atoms with E-state index >= 15 is 0 Å². The molecule has 106 valence electrons. The van der Waals surface area contributed by atoms with Crippen molar-refractivity contribution in [1.82, 2.24) is 19.7 Å². The number of H-pyrrole nitrogens is 1. The van der Waals surface area contributed by atoms with Crippen LogP contribution in [0.2, 0.25) is 0 Å². The Morgan fingerprint density at radius 3 is 3.10 bits per heavy atom. The number of rotatable bonds is 6. The smallest absolute Gasteiger partial charge is 0.344 e. The van der Waals surface area contributed by atoms with Crippen LogP contribution in [0.1, 0.15) is 32.2 Å². The minimum atomic E-state index is -0.129. The van der Waals surface area contributed by atoms with Crippen molar-refractivity contribution in [1.29, 1.82) is 0 Å². The third-order valence-corrected chi connectivity index (χ3v) is 3.97. The summed E-state index contributed by atoms with van der Waals surface area (Å²) in [6.45, 7) is 3.01. The van der Waals surface area contributed by atoms with Crippen LogP contribution in [0.5, 0.6) is 0 Å². The zero-order valence-corrected chi connectivity index (χ0v) is 12.1. The summed E-state index contributed by atoms with van der Waals surface area (Å²) >= 11 is 1.42. The van der Waals surface area contributed by atoms with E-state index in [9.17, 15) is 4.79 Å². The maximum Gasteiger partial charge on any atom is 0.344 e. The largest absolute Gasteiger partial charge is 0.370 e. The van der Waals surface area contributed by atoms with Gasteiger partial charge in [0.2, 0.25) is 0 Å². The van der Waals surface area contributed by atoms with Gasteiger partial charge in [-0.3, -0.25) is 4.57 Å². The second kappa shape index (κ2) is 5.70. The second-order valence-corrected chi connectivity index (χ2v) is 5.79. The molecule has 0 bridgehead atoms. The third-order valence-electron chi connectivity index (χ3n) is 3.06. The summed E-state index contributed by atoms with van der Waals surface area (Å²) in [6, 6.07) is 6.14. The topological polar surface area (TPSA) is 75.6 Å². The number of hydrogen-bond acceptors (Lipinski definition) is 5. The third kappa shape index (κ3) is 2.87. The molecular weight excluding hydrogens is 274 g/mol. The lowest BCUT2D eigenvalue weighted by Gasteiger charge is -2.06. The maximum absolute atomic E-state index is 11.7. The molecule has 0 saturated heterocycles. The van der Waals surface area contributed by atoms with Crippen LogP contribution in [0.25, 0.3) is 0 Å². The molecule has 0 aliphatic heterocycles. The molecule has 1 aliphatic rings. The van der Waals surface area contributed by atoms with Gasteiger partial charge in [-0.05, 0) is 43.2 Å². The average Bonchev–Trinajstić information content (AvgIpc) is 3.22. The molecule has 7 heteroatoms. The van der Waals surface area contributed by atoms with Crippen molar-refractivity contribution in [3.05, 3.63) is 28.7 Å². The Balaban J connectivity index is 1.79. The number of nitrogens with one attached hydrogen (secondary N) is 2. The first-order valence-electron chi connectivity index (χ1n) is 6.83. The molecular formula is C13H17N5OS. The van der Waals surface area contributed by atoms with Crippen molar-refractivity contribution in [2.45, 2.75) is 42.4 Å². The van der Waals surface area contributed by atoms with Crippen molar-refractivity contribution < 1.29 is 0 Å². The Bertz CT molecular complexity index is 646. The molecule has 2 N–H and O–H groups in total. The summed E-state index contributed by atoms with van der Waals surface area (Å²) in [5, 5.41) is 11.4. The molecule has 2 aromatic rings. The molecule has 1 saturated carbocycles. The Morgan fingerprint density at radius 2 is 2.35 bits per heavy atom. The molecule has 2 aromatic heterocycles. The van der Waals surface area contributed by atoms with Crippen molar-refractivity contribution in [3.8, 4) is 0 Å². The van der Waals surface area contributed by atoms with Crippen LogP contribution in [-0.2, 0) is 0 Å². The minimum Gasteiger partial charge on any atom is -0.370 e. The zero-order chi connectivity index (χ0) is 13.9. The Kier molecular flexibility index (Phi) is 3.77. The summed E-state index contributed by atoms with van der Waals surface area (Å²) in [5.41, 5.74) is -0.129. The normalized spacial score (nSPS) is 14.4. The molecule has 0 spiro atoms. The lowest BCUT2D eigenvalue weighted by Crippen LogP contribution is -2.16. The quantitative estimate of drug-likeness (QED) is 0.854. The Labute approximate surface area is 121 Å². The fourth-order valence-electron chi connectivity index (χ4n) is 1.93. The summed E-state index contributed by atoms with van der Waals surface area (Å²) in [6.07, 6.45) is 3.16. The molecule has 2 heterocycles. The standard InChI is InChI=1S/C13H17N5OS/c1-2-8-14-10-4-3-5-11(15-10)20-13-17-16-12(19)18(13)9-6-7-9/h3-5,9H,2,6-8H2,1H3,(H,14,15)(H,16,19). The molecule has 0 radical (unpaired) electrons. The first kappa shape index (κ1) is 13.2. The summed E-state index contributed by atoms with van der Waals surface area (Å²) in [4.78, 5) is 16.2. The SMILES string of the molecule is CCCNc1cccc(Sc2n[nH]c(=O)n2C2CC2)n1. The molecule has 6 nitrogen and oxygen atoms in total. The molecule has 0 atom stereocenters. The highest BCUT2D eigenvalue weighted by atomic mass is 32.2. The zero-order valence-electron chi connectivity index (χ0n) is 11.3. The lowest BCUT2D eigenvalue weighted by atomic mass is 10.4. The van der Waals surface area contributed by atoms with E-state index in [4.69, 9.17) is 0 Å². The van der Waals surface area contributed by atoms with E-state index in [1.165, 1.54) is 11.8 Å². The van der Waals surface area contributed by atoms with Gasteiger partial charge in [-0.25, -0.2) is 14.9 Å². The van der Waals surface area contributed by atoms with E-state index in [0.717, 1.165) is 36.7 Å². The van der Waals surface area contributed by atoms with Gasteiger partial charge < -0.3 is 5.32 Å². The second-order valence-electron chi connectivity index (χ2n) is 4.80. The molecule has 20 heavy (non-hydrogen) atoms. The van der Waals surface area contributed by atoms with Crippen LogP contribution >= 0.6 is 11.8 Å². The monoisotopic (exact) mass is 291 g/mol. The highest BCUT2D eigenvalue weighted by Gasteiger charge is 2.28. The van der Waals surface area contributed by atoms with Crippen LogP contribution in [-0.4, -0.2) is 26.3 Å². The first-order valence-corrected chi connectivity index (χ1v) is 7.65. The fraction of sp³-hybridized carbons (Fsp3) is 0.462. The summed E-state index contributed by atoms with van der Waals surface area (Å²) in [5.74, 6) is 0.854. The van der Waals surface area contributed by atoms with Gasteiger partial charge in [0, 0.05) is 12.6 Å². The molecule has 3 rings (SSSR count). The van der Waals surface area contributed by atoms with Crippen molar-refractivity contribution >= 4 is 17.6 Å². The number of nitrogens with zero attached hydrogens (tertiary/aromatic N) is 3. The minimum absolute atomic E-state index is 0.129. The number of anilines is 1. The molecule has 1 fully saturated rings. The van der Waals surface area contributed by atoms with Crippen LogP contribution in [0, 0.1) is 0 Å². The van der Waals surface area contributed by atoms with E-state index < -0.39 is 0 Å². The van der Waals surface area contributed by atoms with Gasteiger partial charge >= 0.3 is 5.69 Å². The highest BCUT2D eigenvalue weighted by Crippen LogP contribution is 2.37.